The second kappa shape index (κ2) is 6.04. The van der Waals surface area contributed by atoms with E-state index in [-0.39, 0.29) is 18.1 Å². The second-order valence-electron chi connectivity index (χ2n) is 4.74. The van der Waals surface area contributed by atoms with Gasteiger partial charge in [-0.2, -0.15) is 0 Å². The molecule has 1 heterocycles. The molecule has 104 valence electrons. The van der Waals surface area contributed by atoms with E-state index in [1.54, 1.807) is 13.2 Å². The first-order valence-electron chi connectivity index (χ1n) is 6.47. The molecule has 0 bridgehead atoms. The maximum atomic E-state index is 12.1. The van der Waals surface area contributed by atoms with E-state index in [0.29, 0.717) is 18.0 Å². The molecule has 5 heteroatoms. The standard InChI is InChI=1S/C14H20N2O3/c1-9-3-6-12(19-9)14(17)16-11-5-4-10(8-15)7-13(11)18-2/h4-5,7,9,12H,3,6,8,15H2,1-2H3,(H,16,17). The monoisotopic (exact) mass is 264 g/mol. The first-order chi connectivity index (χ1) is 9.13. The summed E-state index contributed by atoms with van der Waals surface area (Å²) >= 11 is 0. The van der Waals surface area contributed by atoms with Crippen molar-refractivity contribution in [1.29, 1.82) is 0 Å². The number of hydrogen-bond donors (Lipinski definition) is 2. The maximum absolute atomic E-state index is 12.1. The summed E-state index contributed by atoms with van der Waals surface area (Å²) in [4.78, 5) is 12.1. The molecule has 0 radical (unpaired) electrons. The predicted octanol–water partition coefficient (Wildman–Crippen LogP) is 1.66. The van der Waals surface area contributed by atoms with Gasteiger partial charge in [-0.25, -0.2) is 0 Å². The largest absolute Gasteiger partial charge is 0.495 e. The molecule has 19 heavy (non-hydrogen) atoms. The molecule has 0 aromatic heterocycles. The van der Waals surface area contributed by atoms with Gasteiger partial charge < -0.3 is 20.5 Å². The van der Waals surface area contributed by atoms with Crippen LogP contribution in [0.2, 0.25) is 0 Å². The van der Waals surface area contributed by atoms with Crippen LogP contribution < -0.4 is 15.8 Å². The van der Waals surface area contributed by atoms with E-state index in [0.717, 1.165) is 18.4 Å². The highest BCUT2D eigenvalue weighted by molar-refractivity contribution is 5.95. The molecule has 1 aromatic carbocycles. The molecule has 0 saturated carbocycles. The molecule has 1 amide bonds. The van der Waals surface area contributed by atoms with Gasteiger partial charge in [0.15, 0.2) is 0 Å². The highest BCUT2D eigenvalue weighted by Crippen LogP contribution is 2.27. The van der Waals surface area contributed by atoms with Crippen LogP contribution in [0.15, 0.2) is 18.2 Å². The number of anilines is 1. The first-order valence-corrected chi connectivity index (χ1v) is 6.47. The lowest BCUT2D eigenvalue weighted by Crippen LogP contribution is -2.27. The van der Waals surface area contributed by atoms with Crippen molar-refractivity contribution in [3.8, 4) is 5.75 Å². The molecule has 0 aliphatic carbocycles. The Morgan fingerprint density at radius 1 is 1.53 bits per heavy atom. The summed E-state index contributed by atoms with van der Waals surface area (Å²) in [6, 6.07) is 5.50. The first kappa shape index (κ1) is 13.8. The van der Waals surface area contributed by atoms with Gasteiger partial charge in [0.1, 0.15) is 11.9 Å². The summed E-state index contributed by atoms with van der Waals surface area (Å²) in [6.45, 7) is 2.41. The van der Waals surface area contributed by atoms with Crippen LogP contribution in [0.25, 0.3) is 0 Å². The van der Waals surface area contributed by atoms with Crippen LogP contribution in [0, 0.1) is 0 Å². The normalized spacial score (nSPS) is 22.3. The minimum atomic E-state index is -0.367. The van der Waals surface area contributed by atoms with Crippen LogP contribution in [0.3, 0.4) is 0 Å². The van der Waals surface area contributed by atoms with Gasteiger partial charge in [0.05, 0.1) is 18.9 Å². The molecule has 1 saturated heterocycles. The molecule has 1 aliphatic rings. The zero-order valence-corrected chi connectivity index (χ0v) is 11.3. The smallest absolute Gasteiger partial charge is 0.253 e. The minimum absolute atomic E-state index is 0.122. The fraction of sp³-hybridized carbons (Fsp3) is 0.500. The summed E-state index contributed by atoms with van der Waals surface area (Å²) in [5, 5.41) is 2.85. The number of nitrogens with two attached hydrogens (primary N) is 1. The van der Waals surface area contributed by atoms with E-state index in [2.05, 4.69) is 5.32 Å². The Bertz CT molecular complexity index is 462. The van der Waals surface area contributed by atoms with Crippen LogP contribution in [0.4, 0.5) is 5.69 Å². The van der Waals surface area contributed by atoms with Crippen LogP contribution in [-0.2, 0) is 16.1 Å². The van der Waals surface area contributed by atoms with Crippen LogP contribution in [-0.4, -0.2) is 25.2 Å². The van der Waals surface area contributed by atoms with Crippen molar-refractivity contribution in [2.24, 2.45) is 5.73 Å². The van der Waals surface area contributed by atoms with Crippen molar-refractivity contribution < 1.29 is 14.3 Å². The quantitative estimate of drug-likeness (QED) is 0.867. The van der Waals surface area contributed by atoms with Crippen molar-refractivity contribution in [1.82, 2.24) is 0 Å². The Labute approximate surface area is 113 Å². The van der Waals surface area contributed by atoms with Crippen molar-refractivity contribution in [3.63, 3.8) is 0 Å². The maximum Gasteiger partial charge on any atom is 0.253 e. The minimum Gasteiger partial charge on any atom is -0.495 e. The van der Waals surface area contributed by atoms with E-state index < -0.39 is 0 Å². The topological polar surface area (TPSA) is 73.6 Å². The van der Waals surface area contributed by atoms with E-state index in [1.807, 2.05) is 19.1 Å². The summed E-state index contributed by atoms with van der Waals surface area (Å²) in [5.41, 5.74) is 7.18. The van der Waals surface area contributed by atoms with Crippen LogP contribution >= 0.6 is 0 Å². The zero-order valence-electron chi connectivity index (χ0n) is 11.3. The summed E-state index contributed by atoms with van der Waals surface area (Å²) in [7, 11) is 1.57. The number of rotatable bonds is 4. The number of ether oxygens (including phenoxy) is 2. The molecule has 1 fully saturated rings. The summed E-state index contributed by atoms with van der Waals surface area (Å²) in [6.07, 6.45) is 1.46. The third-order valence-electron chi connectivity index (χ3n) is 3.28. The molecule has 5 nitrogen and oxygen atoms in total. The lowest BCUT2D eigenvalue weighted by Gasteiger charge is -2.14. The molecular formula is C14H20N2O3. The van der Waals surface area contributed by atoms with E-state index >= 15 is 0 Å². The predicted molar refractivity (Wildman–Crippen MR) is 73.1 cm³/mol. The van der Waals surface area contributed by atoms with Gasteiger partial charge >= 0.3 is 0 Å². The van der Waals surface area contributed by atoms with E-state index in [9.17, 15) is 4.79 Å². The third-order valence-corrected chi connectivity index (χ3v) is 3.28. The molecule has 2 atom stereocenters. The van der Waals surface area contributed by atoms with Crippen molar-refractivity contribution in [2.45, 2.75) is 38.5 Å². The third kappa shape index (κ3) is 3.24. The summed E-state index contributed by atoms with van der Waals surface area (Å²) < 4.78 is 10.8. The molecule has 2 unspecified atom stereocenters. The number of carbonyl (C=O) groups is 1. The number of carbonyl (C=O) groups excluding carboxylic acids is 1. The molecule has 3 N–H and O–H groups in total. The number of hydrogen-bond acceptors (Lipinski definition) is 4. The lowest BCUT2D eigenvalue weighted by atomic mass is 10.1. The van der Waals surface area contributed by atoms with Gasteiger partial charge in [-0.3, -0.25) is 4.79 Å². The average Bonchev–Trinajstić information content (AvgIpc) is 2.86. The number of amides is 1. The highest BCUT2D eigenvalue weighted by atomic mass is 16.5. The fourth-order valence-electron chi connectivity index (χ4n) is 2.17. The molecule has 0 spiro atoms. The van der Waals surface area contributed by atoms with Gasteiger partial charge in [0, 0.05) is 6.54 Å². The fourth-order valence-corrected chi connectivity index (χ4v) is 2.17. The highest BCUT2D eigenvalue weighted by Gasteiger charge is 2.28. The Balaban J connectivity index is 2.08. The molecule has 2 rings (SSSR count). The van der Waals surface area contributed by atoms with Crippen LogP contribution in [0.1, 0.15) is 25.3 Å². The number of methoxy groups -OCH3 is 1. The SMILES string of the molecule is COc1cc(CN)ccc1NC(=O)C1CCC(C)O1. The zero-order chi connectivity index (χ0) is 13.8. The van der Waals surface area contributed by atoms with E-state index in [1.165, 1.54) is 0 Å². The van der Waals surface area contributed by atoms with Crippen molar-refractivity contribution in [2.75, 3.05) is 12.4 Å². The van der Waals surface area contributed by atoms with Gasteiger partial charge in [0.2, 0.25) is 0 Å². The van der Waals surface area contributed by atoms with Crippen molar-refractivity contribution in [3.05, 3.63) is 23.8 Å². The molecule has 1 aromatic rings. The Morgan fingerprint density at radius 3 is 2.89 bits per heavy atom. The van der Waals surface area contributed by atoms with Gasteiger partial charge in [0.25, 0.3) is 5.91 Å². The average molecular weight is 264 g/mol. The number of nitrogens with one attached hydrogen (secondary N) is 1. The van der Waals surface area contributed by atoms with Gasteiger partial charge in [-0.05, 0) is 37.5 Å². The summed E-state index contributed by atoms with van der Waals surface area (Å²) in [5.74, 6) is 0.491. The van der Waals surface area contributed by atoms with Gasteiger partial charge in [-0.1, -0.05) is 6.07 Å². The Kier molecular flexibility index (Phi) is 4.39. The Morgan fingerprint density at radius 2 is 2.32 bits per heavy atom. The Hall–Kier alpha value is -1.59. The number of benzene rings is 1. The molecular weight excluding hydrogens is 244 g/mol. The second-order valence-corrected chi connectivity index (χ2v) is 4.74. The van der Waals surface area contributed by atoms with Crippen molar-refractivity contribution >= 4 is 11.6 Å². The van der Waals surface area contributed by atoms with E-state index in [4.69, 9.17) is 15.2 Å². The van der Waals surface area contributed by atoms with Crippen LogP contribution in [0.5, 0.6) is 5.75 Å². The van der Waals surface area contributed by atoms with Gasteiger partial charge in [-0.15, -0.1) is 0 Å². The molecule has 1 aliphatic heterocycles. The lowest BCUT2D eigenvalue weighted by molar-refractivity contribution is -0.126.